The van der Waals surface area contributed by atoms with Gasteiger partial charge in [-0.3, -0.25) is 0 Å². The molecule has 1 fully saturated rings. The van der Waals surface area contributed by atoms with E-state index in [1.807, 2.05) is 12.1 Å². The lowest BCUT2D eigenvalue weighted by Gasteiger charge is -2.29. The Hall–Kier alpha value is -2.61. The first-order valence-electron chi connectivity index (χ1n) is 20.3. The van der Waals surface area contributed by atoms with Crippen molar-refractivity contribution in [1.82, 2.24) is 0 Å². The van der Waals surface area contributed by atoms with E-state index in [0.717, 1.165) is 47.4 Å². The maximum Gasteiger partial charge on any atom is 0.343 e. The number of esters is 1. The van der Waals surface area contributed by atoms with Crippen LogP contribution in [0.3, 0.4) is 0 Å². The van der Waals surface area contributed by atoms with Crippen molar-refractivity contribution >= 4 is 67.6 Å². The molecule has 1 aliphatic rings. The van der Waals surface area contributed by atoms with Gasteiger partial charge >= 0.3 is 5.97 Å². The third kappa shape index (κ3) is 11.6. The Bertz CT molecular complexity index is 2010. The molecular formula is C49H64Cl2O4P2. The summed E-state index contributed by atoms with van der Waals surface area (Å²) in [6, 6.07) is 22.2. The molecule has 308 valence electrons. The van der Waals surface area contributed by atoms with E-state index in [-0.39, 0.29) is 51.5 Å². The molecule has 0 aliphatic heterocycles. The predicted molar refractivity (Wildman–Crippen MR) is 250 cm³/mol. The minimum absolute atomic E-state index is 0.0348. The second-order valence-electron chi connectivity index (χ2n) is 19.7. The SMILES string of the molecule is COC(=O)COc1c(Cl)ccc(Pc2cc(C(C)(C)C)cc(C(C)(C)C)c2)c1-c1c(Pc2cc(C(C)(C)C)cc(C(C)(C)C)c2)ccc(Cl)c1OC1CCCCC1. The van der Waals surface area contributed by atoms with E-state index in [9.17, 15) is 4.79 Å². The number of halogens is 2. The summed E-state index contributed by atoms with van der Waals surface area (Å²) in [5, 5.41) is 5.50. The highest BCUT2D eigenvalue weighted by atomic mass is 35.5. The van der Waals surface area contributed by atoms with Crippen molar-refractivity contribution in [2.24, 2.45) is 0 Å². The first-order chi connectivity index (χ1) is 26.4. The Morgan fingerprint density at radius 1 is 0.596 bits per heavy atom. The van der Waals surface area contributed by atoms with Crippen LogP contribution in [0.15, 0.2) is 60.7 Å². The Morgan fingerprint density at radius 2 is 0.982 bits per heavy atom. The van der Waals surface area contributed by atoms with Gasteiger partial charge in [0.2, 0.25) is 0 Å². The number of carbonyl (C=O) groups is 1. The van der Waals surface area contributed by atoms with Gasteiger partial charge < -0.3 is 14.2 Å². The van der Waals surface area contributed by atoms with E-state index in [4.69, 9.17) is 37.4 Å². The number of hydrogen-bond acceptors (Lipinski definition) is 4. The standard InChI is InChI=1S/C49H64Cl2O4P2/c1-46(2,3)30-23-31(47(4,5)6)26-35(25-30)56-39-21-19-37(50)44(54-29-41(52)53-13)42(39)43-40(22-20-38(51)45(43)55-34-17-15-14-16-18-34)57-36-27-32(48(7,8)9)24-33(28-36)49(10,11)12/h19-28,34,56-57H,14-18,29H2,1-13H3. The highest BCUT2D eigenvalue weighted by molar-refractivity contribution is 7.56. The van der Waals surface area contributed by atoms with Crippen LogP contribution in [-0.4, -0.2) is 25.8 Å². The van der Waals surface area contributed by atoms with Gasteiger partial charge in [-0.05, 0) is 103 Å². The van der Waals surface area contributed by atoms with Crippen molar-refractivity contribution in [3.63, 3.8) is 0 Å². The van der Waals surface area contributed by atoms with E-state index in [1.165, 1.54) is 46.4 Å². The Kier molecular flexibility index (Phi) is 14.3. The summed E-state index contributed by atoms with van der Waals surface area (Å²) in [4.78, 5) is 12.7. The Morgan fingerprint density at radius 3 is 1.37 bits per heavy atom. The molecule has 1 saturated carbocycles. The second kappa shape index (κ2) is 17.9. The van der Waals surface area contributed by atoms with Gasteiger partial charge in [-0.1, -0.05) is 178 Å². The van der Waals surface area contributed by atoms with Crippen molar-refractivity contribution in [2.75, 3.05) is 13.7 Å². The van der Waals surface area contributed by atoms with Crippen molar-refractivity contribution in [2.45, 2.75) is 143 Å². The van der Waals surface area contributed by atoms with E-state index in [2.05, 4.69) is 132 Å². The number of carbonyl (C=O) groups excluding carboxylic acids is 1. The van der Waals surface area contributed by atoms with Crippen LogP contribution in [-0.2, 0) is 31.2 Å². The zero-order valence-corrected chi connectivity index (χ0v) is 40.0. The molecule has 4 aromatic rings. The van der Waals surface area contributed by atoms with Gasteiger partial charge in [0, 0.05) is 11.1 Å². The number of ether oxygens (including phenoxy) is 3. The summed E-state index contributed by atoms with van der Waals surface area (Å²) in [6.07, 6.45) is 5.41. The third-order valence-electron chi connectivity index (χ3n) is 10.8. The molecule has 2 unspecified atom stereocenters. The molecule has 0 saturated heterocycles. The van der Waals surface area contributed by atoms with E-state index in [1.54, 1.807) is 0 Å². The summed E-state index contributed by atoms with van der Waals surface area (Å²) in [7, 11) is 1.87. The average Bonchev–Trinajstić information content (AvgIpc) is 3.12. The van der Waals surface area contributed by atoms with Gasteiger partial charge in [0.05, 0.1) is 23.3 Å². The smallest absolute Gasteiger partial charge is 0.343 e. The van der Waals surface area contributed by atoms with Gasteiger partial charge in [-0.2, -0.15) is 0 Å². The second-order valence-corrected chi connectivity index (χ2v) is 23.2. The molecule has 8 heteroatoms. The zero-order valence-electron chi connectivity index (χ0n) is 36.5. The van der Waals surface area contributed by atoms with Crippen LogP contribution >= 0.6 is 40.4 Å². The molecular weight excluding hydrogens is 785 g/mol. The monoisotopic (exact) mass is 848 g/mol. The lowest BCUT2D eigenvalue weighted by molar-refractivity contribution is -0.142. The highest BCUT2D eigenvalue weighted by Gasteiger charge is 2.29. The summed E-state index contributed by atoms with van der Waals surface area (Å²) < 4.78 is 18.5. The van der Waals surface area contributed by atoms with Crippen LogP contribution in [0.5, 0.6) is 11.5 Å². The molecule has 2 atom stereocenters. The van der Waals surface area contributed by atoms with Gasteiger partial charge in [-0.25, -0.2) is 4.79 Å². The van der Waals surface area contributed by atoms with Crippen molar-refractivity contribution in [3.8, 4) is 22.6 Å². The summed E-state index contributed by atoms with van der Waals surface area (Å²) in [6.45, 7) is 26.9. The molecule has 0 aromatic heterocycles. The molecule has 0 amide bonds. The number of methoxy groups -OCH3 is 1. The normalized spacial score (nSPS) is 14.9. The molecule has 4 nitrogen and oxygen atoms in total. The topological polar surface area (TPSA) is 44.8 Å². The van der Waals surface area contributed by atoms with Gasteiger partial charge in [0.15, 0.2) is 6.61 Å². The summed E-state index contributed by atoms with van der Waals surface area (Å²) in [5.74, 6) is 0.584. The average molecular weight is 850 g/mol. The third-order valence-corrected chi connectivity index (χ3v) is 13.9. The fourth-order valence-electron chi connectivity index (χ4n) is 7.06. The van der Waals surface area contributed by atoms with Gasteiger partial charge in [0.25, 0.3) is 0 Å². The van der Waals surface area contributed by atoms with E-state index >= 15 is 0 Å². The van der Waals surface area contributed by atoms with Crippen molar-refractivity contribution in [3.05, 3.63) is 93.0 Å². The van der Waals surface area contributed by atoms with E-state index in [0.29, 0.717) is 21.5 Å². The Labute approximate surface area is 357 Å². The fourth-order valence-corrected chi connectivity index (χ4v) is 10.1. The number of hydrogen-bond donors (Lipinski definition) is 0. The minimum atomic E-state index is -0.488. The summed E-state index contributed by atoms with van der Waals surface area (Å²) >= 11 is 14.4. The van der Waals surface area contributed by atoms with E-state index < -0.39 is 5.97 Å². The van der Waals surface area contributed by atoms with Crippen LogP contribution in [0.25, 0.3) is 11.1 Å². The lowest BCUT2D eigenvalue weighted by atomic mass is 9.81. The first kappa shape index (κ1) is 45.5. The largest absolute Gasteiger partial charge is 0.488 e. The predicted octanol–water partition coefficient (Wildman–Crippen LogP) is 12.4. The Balaban J connectivity index is 1.84. The minimum Gasteiger partial charge on any atom is -0.488 e. The van der Waals surface area contributed by atoms with Gasteiger partial charge in [-0.15, -0.1) is 0 Å². The molecule has 0 radical (unpaired) electrons. The zero-order chi connectivity index (χ0) is 42.1. The molecule has 57 heavy (non-hydrogen) atoms. The van der Waals surface area contributed by atoms with Crippen LogP contribution in [0.4, 0.5) is 0 Å². The quantitative estimate of drug-likeness (QED) is 0.118. The van der Waals surface area contributed by atoms with Crippen molar-refractivity contribution in [1.29, 1.82) is 0 Å². The highest BCUT2D eigenvalue weighted by Crippen LogP contribution is 2.46. The van der Waals surface area contributed by atoms with Gasteiger partial charge in [0.1, 0.15) is 11.5 Å². The van der Waals surface area contributed by atoms with Crippen LogP contribution < -0.4 is 30.7 Å². The van der Waals surface area contributed by atoms with Crippen molar-refractivity contribution < 1.29 is 19.0 Å². The van der Waals surface area contributed by atoms with Crippen LogP contribution in [0.1, 0.15) is 137 Å². The molecule has 0 spiro atoms. The first-order valence-corrected chi connectivity index (χ1v) is 23.1. The lowest BCUT2D eigenvalue weighted by Crippen LogP contribution is -2.24. The molecule has 5 rings (SSSR count). The summed E-state index contributed by atoms with van der Waals surface area (Å²) in [5.41, 5.74) is 6.68. The maximum atomic E-state index is 12.7. The molecule has 0 bridgehead atoms. The maximum absolute atomic E-state index is 12.7. The molecule has 0 heterocycles. The van der Waals surface area contributed by atoms with Crippen LogP contribution in [0, 0.1) is 0 Å². The van der Waals surface area contributed by atoms with Crippen LogP contribution in [0.2, 0.25) is 10.0 Å². The number of benzene rings is 4. The molecule has 0 N–H and O–H groups in total. The fraction of sp³-hybridized carbons (Fsp3) is 0.490. The molecule has 1 aliphatic carbocycles. The number of rotatable bonds is 10. The molecule has 4 aromatic carbocycles.